The van der Waals surface area contributed by atoms with Crippen molar-refractivity contribution in [2.45, 2.75) is 13.3 Å². The molecule has 0 saturated carbocycles. The van der Waals surface area contributed by atoms with E-state index >= 15 is 0 Å². The fraction of sp³-hybridized carbons (Fsp3) is 0.188. The second kappa shape index (κ2) is 6.07. The minimum absolute atomic E-state index is 0.0654. The Bertz CT molecular complexity index is 948. The normalized spacial score (nSPS) is 10.8. The summed E-state index contributed by atoms with van der Waals surface area (Å²) in [4.78, 5) is 27.0. The van der Waals surface area contributed by atoms with Crippen LogP contribution in [0.3, 0.4) is 0 Å². The first-order valence-corrected chi connectivity index (χ1v) is 7.27. The van der Waals surface area contributed by atoms with Crippen LogP contribution in [-0.4, -0.2) is 25.6 Å². The molecule has 0 saturated heterocycles. The lowest BCUT2D eigenvalue weighted by molar-refractivity contribution is -0.385. The zero-order valence-corrected chi connectivity index (χ0v) is 13.2. The Morgan fingerprint density at radius 3 is 2.88 bits per heavy atom. The smallest absolute Gasteiger partial charge is 0.273 e. The van der Waals surface area contributed by atoms with Crippen LogP contribution in [0.2, 0.25) is 0 Å². The number of anilines is 1. The molecule has 0 fully saturated rings. The van der Waals surface area contributed by atoms with Crippen molar-refractivity contribution in [3.05, 3.63) is 57.9 Å². The molecule has 0 aliphatic rings. The third-order valence-corrected chi connectivity index (χ3v) is 3.69. The van der Waals surface area contributed by atoms with E-state index in [0.29, 0.717) is 11.3 Å². The van der Waals surface area contributed by atoms with Crippen molar-refractivity contribution in [3.63, 3.8) is 0 Å². The summed E-state index contributed by atoms with van der Waals surface area (Å²) in [5.41, 5.74) is 2.37. The van der Waals surface area contributed by atoms with Crippen LogP contribution in [0.5, 0.6) is 0 Å². The van der Waals surface area contributed by atoms with Crippen LogP contribution in [0.4, 0.5) is 11.4 Å². The number of benzene rings is 1. The standard InChI is InChI=1S/C16H15N5O3/c1-10-13-8-12(9-17-16(13)20(2)19-10)18-15(22)7-11-5-3-4-6-14(11)21(23)24/h3-6,8-9H,7H2,1-2H3,(H,18,22). The molecule has 122 valence electrons. The zero-order valence-electron chi connectivity index (χ0n) is 13.2. The monoisotopic (exact) mass is 325 g/mol. The number of carbonyl (C=O) groups excluding carboxylic acids is 1. The van der Waals surface area contributed by atoms with Gasteiger partial charge in [-0.1, -0.05) is 18.2 Å². The number of rotatable bonds is 4. The number of nitrogens with one attached hydrogen (secondary N) is 1. The van der Waals surface area contributed by atoms with Crippen molar-refractivity contribution in [1.29, 1.82) is 0 Å². The minimum Gasteiger partial charge on any atom is -0.324 e. The second-order valence-electron chi connectivity index (χ2n) is 5.41. The number of carbonyl (C=O) groups is 1. The van der Waals surface area contributed by atoms with E-state index in [2.05, 4.69) is 15.4 Å². The maximum absolute atomic E-state index is 12.2. The highest BCUT2D eigenvalue weighted by Crippen LogP contribution is 2.21. The molecule has 2 heterocycles. The number of aryl methyl sites for hydroxylation is 2. The molecule has 0 bridgehead atoms. The van der Waals surface area contributed by atoms with Gasteiger partial charge in [-0.15, -0.1) is 0 Å². The quantitative estimate of drug-likeness (QED) is 0.586. The number of aromatic nitrogens is 3. The van der Waals surface area contributed by atoms with Crippen molar-refractivity contribution in [1.82, 2.24) is 14.8 Å². The Balaban J connectivity index is 1.80. The maximum atomic E-state index is 12.2. The van der Waals surface area contributed by atoms with Gasteiger partial charge in [0.25, 0.3) is 5.69 Å². The molecule has 1 amide bonds. The van der Waals surface area contributed by atoms with Gasteiger partial charge in [0.15, 0.2) is 5.65 Å². The van der Waals surface area contributed by atoms with E-state index in [9.17, 15) is 14.9 Å². The number of para-hydroxylation sites is 1. The molecule has 3 aromatic rings. The fourth-order valence-electron chi connectivity index (χ4n) is 2.59. The molecule has 3 rings (SSSR count). The Labute approximate surface area is 137 Å². The van der Waals surface area contributed by atoms with E-state index in [1.165, 1.54) is 6.07 Å². The highest BCUT2D eigenvalue weighted by atomic mass is 16.6. The molecule has 0 unspecified atom stereocenters. The van der Waals surface area contributed by atoms with Gasteiger partial charge in [0.05, 0.1) is 28.9 Å². The van der Waals surface area contributed by atoms with E-state index < -0.39 is 4.92 Å². The zero-order chi connectivity index (χ0) is 17.3. The molecule has 2 aromatic heterocycles. The first-order chi connectivity index (χ1) is 11.5. The van der Waals surface area contributed by atoms with Crippen molar-refractivity contribution >= 4 is 28.3 Å². The first kappa shape index (κ1) is 15.6. The lowest BCUT2D eigenvalue weighted by Gasteiger charge is -2.06. The van der Waals surface area contributed by atoms with E-state index in [-0.39, 0.29) is 18.0 Å². The summed E-state index contributed by atoms with van der Waals surface area (Å²) in [5.74, 6) is -0.341. The summed E-state index contributed by atoms with van der Waals surface area (Å²) in [7, 11) is 1.80. The Morgan fingerprint density at radius 1 is 1.38 bits per heavy atom. The van der Waals surface area contributed by atoms with Crippen LogP contribution in [0.25, 0.3) is 11.0 Å². The first-order valence-electron chi connectivity index (χ1n) is 7.27. The average molecular weight is 325 g/mol. The summed E-state index contributed by atoms with van der Waals surface area (Å²) in [6.07, 6.45) is 1.46. The van der Waals surface area contributed by atoms with E-state index in [1.807, 2.05) is 6.92 Å². The van der Waals surface area contributed by atoms with Gasteiger partial charge in [0.1, 0.15) is 0 Å². The van der Waals surface area contributed by atoms with Crippen molar-refractivity contribution < 1.29 is 9.72 Å². The summed E-state index contributed by atoms with van der Waals surface area (Å²) < 4.78 is 1.67. The molecule has 24 heavy (non-hydrogen) atoms. The molecule has 1 aromatic carbocycles. The predicted octanol–water partition coefficient (Wildman–Crippen LogP) is 2.37. The van der Waals surface area contributed by atoms with Gasteiger partial charge >= 0.3 is 0 Å². The lowest BCUT2D eigenvalue weighted by atomic mass is 10.1. The third kappa shape index (κ3) is 2.94. The Kier molecular flexibility index (Phi) is 3.95. The summed E-state index contributed by atoms with van der Waals surface area (Å²) in [6.45, 7) is 1.86. The fourth-order valence-corrected chi connectivity index (χ4v) is 2.59. The van der Waals surface area contributed by atoms with E-state index in [1.54, 1.807) is 42.2 Å². The summed E-state index contributed by atoms with van der Waals surface area (Å²) in [6, 6.07) is 7.99. The van der Waals surface area contributed by atoms with E-state index in [0.717, 1.165) is 16.7 Å². The number of nitro benzene ring substituents is 1. The number of amides is 1. The van der Waals surface area contributed by atoms with Crippen LogP contribution in [0, 0.1) is 17.0 Å². The Morgan fingerprint density at radius 2 is 2.12 bits per heavy atom. The summed E-state index contributed by atoms with van der Waals surface area (Å²) >= 11 is 0. The van der Waals surface area contributed by atoms with Crippen LogP contribution < -0.4 is 5.32 Å². The van der Waals surface area contributed by atoms with Gasteiger partial charge in [-0.2, -0.15) is 5.10 Å². The lowest BCUT2D eigenvalue weighted by Crippen LogP contribution is -2.15. The van der Waals surface area contributed by atoms with Gasteiger partial charge in [0.2, 0.25) is 5.91 Å². The molecule has 0 spiro atoms. The predicted molar refractivity (Wildman–Crippen MR) is 88.7 cm³/mol. The SMILES string of the molecule is Cc1nn(C)c2ncc(NC(=O)Cc3ccccc3[N+](=O)[O-])cc12. The van der Waals surface area contributed by atoms with Crippen LogP contribution in [0.15, 0.2) is 36.5 Å². The van der Waals surface area contributed by atoms with Crippen LogP contribution in [-0.2, 0) is 18.3 Å². The van der Waals surface area contributed by atoms with Crippen molar-refractivity contribution in [2.75, 3.05) is 5.32 Å². The third-order valence-electron chi connectivity index (χ3n) is 3.69. The number of nitrogens with zero attached hydrogens (tertiary/aromatic N) is 4. The molecule has 0 radical (unpaired) electrons. The number of hydrogen-bond donors (Lipinski definition) is 1. The second-order valence-corrected chi connectivity index (χ2v) is 5.41. The molecule has 0 atom stereocenters. The molecule has 8 nitrogen and oxygen atoms in total. The van der Waals surface area contributed by atoms with Crippen molar-refractivity contribution in [2.24, 2.45) is 7.05 Å². The topological polar surface area (TPSA) is 103 Å². The van der Waals surface area contributed by atoms with Crippen molar-refractivity contribution in [3.8, 4) is 0 Å². The maximum Gasteiger partial charge on any atom is 0.273 e. The van der Waals surface area contributed by atoms with E-state index in [4.69, 9.17) is 0 Å². The molecule has 0 aliphatic heterocycles. The van der Waals surface area contributed by atoms with Crippen LogP contribution in [0.1, 0.15) is 11.3 Å². The van der Waals surface area contributed by atoms with Gasteiger partial charge in [-0.3, -0.25) is 19.6 Å². The number of fused-ring (bicyclic) bond motifs is 1. The number of hydrogen-bond acceptors (Lipinski definition) is 5. The number of pyridine rings is 1. The molecule has 8 heteroatoms. The van der Waals surface area contributed by atoms with Gasteiger partial charge in [-0.05, 0) is 13.0 Å². The Hall–Kier alpha value is -3.29. The largest absolute Gasteiger partial charge is 0.324 e. The summed E-state index contributed by atoms with van der Waals surface area (Å²) in [5, 5.41) is 18.9. The number of nitro groups is 1. The molecule has 1 N–H and O–H groups in total. The molecular weight excluding hydrogens is 310 g/mol. The molecular formula is C16H15N5O3. The average Bonchev–Trinajstić information content (AvgIpc) is 2.82. The molecule has 0 aliphatic carbocycles. The van der Waals surface area contributed by atoms with Gasteiger partial charge in [0, 0.05) is 24.1 Å². The van der Waals surface area contributed by atoms with Gasteiger partial charge < -0.3 is 5.32 Å². The highest BCUT2D eigenvalue weighted by molar-refractivity contribution is 5.94. The highest BCUT2D eigenvalue weighted by Gasteiger charge is 2.16. The van der Waals surface area contributed by atoms with Crippen LogP contribution >= 0.6 is 0 Å². The van der Waals surface area contributed by atoms with Gasteiger partial charge in [-0.25, -0.2) is 4.98 Å². The minimum atomic E-state index is -0.491.